The molecule has 0 spiro atoms. The number of benzene rings is 2. The number of halogens is 2. The van der Waals surface area contributed by atoms with Gasteiger partial charge < -0.3 is 9.47 Å². The molecule has 0 unspecified atom stereocenters. The van der Waals surface area contributed by atoms with Crippen LogP contribution < -0.4 is 9.47 Å². The topological polar surface area (TPSA) is 18.5 Å². The quantitative estimate of drug-likeness (QED) is 0.287. The number of ether oxygens (including phenoxy) is 2. The average molecular weight is 447 g/mol. The number of hydrogen-bond acceptors (Lipinski definition) is 3. The van der Waals surface area contributed by atoms with Crippen LogP contribution >= 0.6 is 12.2 Å². The Labute approximate surface area is 190 Å². The molecule has 31 heavy (non-hydrogen) atoms. The van der Waals surface area contributed by atoms with E-state index < -0.39 is 11.6 Å². The molecule has 0 radical (unpaired) electrons. The summed E-state index contributed by atoms with van der Waals surface area (Å²) >= 11 is 5.31. The van der Waals surface area contributed by atoms with E-state index in [1.54, 1.807) is 6.92 Å². The smallest absolute Gasteiger partial charge is 0.205 e. The zero-order chi connectivity index (χ0) is 22.2. The van der Waals surface area contributed by atoms with Crippen LogP contribution in [0.3, 0.4) is 0 Å². The second-order valence-corrected chi connectivity index (χ2v) is 8.72. The van der Waals surface area contributed by atoms with E-state index >= 15 is 0 Å². The third kappa shape index (κ3) is 6.25. The second kappa shape index (κ2) is 11.6. The van der Waals surface area contributed by atoms with Crippen molar-refractivity contribution in [3.63, 3.8) is 0 Å². The fourth-order valence-corrected chi connectivity index (χ4v) is 4.60. The zero-order valence-corrected chi connectivity index (χ0v) is 19.3. The van der Waals surface area contributed by atoms with Crippen molar-refractivity contribution in [3.8, 4) is 11.5 Å². The first-order valence-electron chi connectivity index (χ1n) is 11.5. The lowest BCUT2D eigenvalue weighted by Crippen LogP contribution is -2.14. The summed E-state index contributed by atoms with van der Waals surface area (Å²) in [5, 5.41) is 0.119. The molecular formula is C26H32F2O2S. The Balaban J connectivity index is 1.57. The second-order valence-electron chi connectivity index (χ2n) is 8.35. The normalized spacial score (nSPS) is 18.6. The maximum atomic E-state index is 14.3. The fraction of sp³-hybridized carbons (Fsp3) is 0.500. The van der Waals surface area contributed by atoms with Crippen molar-refractivity contribution in [2.45, 2.75) is 71.1 Å². The first kappa shape index (κ1) is 23.6. The molecule has 0 N–H and O–H groups in total. The third-order valence-electron chi connectivity index (χ3n) is 6.19. The minimum Gasteiger partial charge on any atom is -0.491 e. The Morgan fingerprint density at radius 2 is 1.55 bits per heavy atom. The van der Waals surface area contributed by atoms with Crippen LogP contribution in [0, 0.1) is 17.6 Å². The summed E-state index contributed by atoms with van der Waals surface area (Å²) in [5.41, 5.74) is 2.00. The SMILES string of the molecule is CCCCC[C@H]1CC[C@H](c2ccc(C(=S)Oc3ccc(OCC)c(F)c3F)cc2)CC1. The van der Waals surface area contributed by atoms with Gasteiger partial charge in [0.25, 0.3) is 0 Å². The maximum absolute atomic E-state index is 14.3. The maximum Gasteiger partial charge on any atom is 0.205 e. The van der Waals surface area contributed by atoms with Gasteiger partial charge in [-0.2, -0.15) is 8.78 Å². The summed E-state index contributed by atoms with van der Waals surface area (Å²) in [5.74, 6) is -1.07. The number of rotatable bonds is 9. The van der Waals surface area contributed by atoms with Crippen LogP contribution in [-0.2, 0) is 0 Å². The van der Waals surface area contributed by atoms with E-state index in [4.69, 9.17) is 21.7 Å². The largest absolute Gasteiger partial charge is 0.491 e. The molecule has 0 saturated heterocycles. The minimum atomic E-state index is -1.10. The molecule has 5 heteroatoms. The van der Waals surface area contributed by atoms with Gasteiger partial charge in [0, 0.05) is 5.56 Å². The van der Waals surface area contributed by atoms with Gasteiger partial charge in [0.1, 0.15) is 0 Å². The molecule has 1 aliphatic carbocycles. The molecule has 1 aliphatic rings. The summed E-state index contributed by atoms with van der Waals surface area (Å²) in [7, 11) is 0. The van der Waals surface area contributed by atoms with Crippen LogP contribution in [0.15, 0.2) is 36.4 Å². The Morgan fingerprint density at radius 1 is 0.903 bits per heavy atom. The van der Waals surface area contributed by atoms with Crippen molar-refractivity contribution in [1.82, 2.24) is 0 Å². The van der Waals surface area contributed by atoms with Crippen LogP contribution in [0.25, 0.3) is 0 Å². The van der Waals surface area contributed by atoms with Gasteiger partial charge >= 0.3 is 0 Å². The Hall–Kier alpha value is -2.01. The van der Waals surface area contributed by atoms with Crippen molar-refractivity contribution in [2.75, 3.05) is 6.61 Å². The predicted octanol–water partition coefficient (Wildman–Crippen LogP) is 7.97. The molecule has 0 atom stereocenters. The van der Waals surface area contributed by atoms with Gasteiger partial charge in [-0.3, -0.25) is 0 Å². The van der Waals surface area contributed by atoms with Crippen molar-refractivity contribution in [1.29, 1.82) is 0 Å². The highest BCUT2D eigenvalue weighted by Crippen LogP contribution is 2.38. The molecule has 1 fully saturated rings. The summed E-state index contributed by atoms with van der Waals surface area (Å²) in [6.45, 7) is 4.21. The molecule has 0 bridgehead atoms. The lowest BCUT2D eigenvalue weighted by Gasteiger charge is -2.29. The van der Waals surface area contributed by atoms with E-state index in [2.05, 4.69) is 19.1 Å². The van der Waals surface area contributed by atoms with E-state index in [1.165, 1.54) is 69.1 Å². The molecule has 0 aliphatic heterocycles. The van der Waals surface area contributed by atoms with Gasteiger partial charge in [-0.1, -0.05) is 56.9 Å². The summed E-state index contributed by atoms with van der Waals surface area (Å²) in [6, 6.07) is 10.7. The van der Waals surface area contributed by atoms with E-state index in [0.717, 1.165) is 5.92 Å². The highest BCUT2D eigenvalue weighted by Gasteiger charge is 2.22. The monoisotopic (exact) mass is 446 g/mol. The Kier molecular flexibility index (Phi) is 8.82. The highest BCUT2D eigenvalue weighted by atomic mass is 32.1. The van der Waals surface area contributed by atoms with Crippen molar-refractivity contribution in [3.05, 3.63) is 59.2 Å². The molecule has 0 amide bonds. The van der Waals surface area contributed by atoms with Gasteiger partial charge in [-0.25, -0.2) is 0 Å². The average Bonchev–Trinajstić information content (AvgIpc) is 2.79. The molecular weight excluding hydrogens is 414 g/mol. The van der Waals surface area contributed by atoms with Gasteiger partial charge in [-0.15, -0.1) is 0 Å². The lowest BCUT2D eigenvalue weighted by molar-refractivity contribution is 0.303. The molecule has 2 aromatic rings. The van der Waals surface area contributed by atoms with E-state index in [0.29, 0.717) is 11.5 Å². The van der Waals surface area contributed by atoms with Crippen molar-refractivity contribution >= 4 is 17.3 Å². The molecule has 2 nitrogen and oxygen atoms in total. The minimum absolute atomic E-state index is 0.119. The number of hydrogen-bond donors (Lipinski definition) is 0. The van der Waals surface area contributed by atoms with Gasteiger partial charge in [0.05, 0.1) is 6.61 Å². The van der Waals surface area contributed by atoms with Crippen LogP contribution in [0.2, 0.25) is 0 Å². The molecule has 3 rings (SSSR count). The van der Waals surface area contributed by atoms with E-state index in [-0.39, 0.29) is 23.2 Å². The van der Waals surface area contributed by atoms with Crippen LogP contribution in [0.1, 0.15) is 82.3 Å². The highest BCUT2D eigenvalue weighted by molar-refractivity contribution is 7.80. The van der Waals surface area contributed by atoms with E-state index in [1.807, 2.05) is 12.1 Å². The summed E-state index contributed by atoms with van der Waals surface area (Å²) in [4.78, 5) is 0. The van der Waals surface area contributed by atoms with Crippen molar-refractivity contribution in [2.24, 2.45) is 5.92 Å². The summed E-state index contributed by atoms with van der Waals surface area (Å²) in [6.07, 6.45) is 10.4. The van der Waals surface area contributed by atoms with Crippen molar-refractivity contribution < 1.29 is 18.3 Å². The molecule has 1 saturated carbocycles. The lowest BCUT2D eigenvalue weighted by atomic mass is 9.77. The van der Waals surface area contributed by atoms with Crippen LogP contribution in [0.5, 0.6) is 11.5 Å². The first-order chi connectivity index (χ1) is 15.0. The first-order valence-corrected chi connectivity index (χ1v) is 11.9. The Morgan fingerprint density at radius 3 is 2.19 bits per heavy atom. The predicted molar refractivity (Wildman–Crippen MR) is 125 cm³/mol. The molecule has 0 aromatic heterocycles. The molecule has 2 aromatic carbocycles. The summed E-state index contributed by atoms with van der Waals surface area (Å²) < 4.78 is 38.8. The molecule has 0 heterocycles. The molecule has 168 valence electrons. The standard InChI is InChI=1S/C26H32F2O2S/c1-3-5-6-7-18-8-10-19(11-9-18)20-12-14-21(15-13-20)26(31)30-23-17-16-22(29-4-2)24(27)25(23)28/h12-19H,3-11H2,1-2H3/t18-,19-. The van der Waals surface area contributed by atoms with Gasteiger partial charge in [-0.05, 0) is 74.4 Å². The Bertz CT molecular complexity index is 858. The number of thiocarbonyl (C=S) groups is 1. The van der Waals surface area contributed by atoms with E-state index in [9.17, 15) is 8.78 Å². The fourth-order valence-electron chi connectivity index (χ4n) is 4.38. The van der Waals surface area contributed by atoms with Gasteiger partial charge in [0.15, 0.2) is 16.5 Å². The van der Waals surface area contributed by atoms with Crippen LogP contribution in [-0.4, -0.2) is 11.7 Å². The number of unbranched alkanes of at least 4 members (excludes halogenated alkanes) is 2. The third-order valence-corrected chi connectivity index (χ3v) is 6.51. The van der Waals surface area contributed by atoms with Gasteiger partial charge in [0.2, 0.25) is 11.6 Å². The zero-order valence-electron chi connectivity index (χ0n) is 18.5. The van der Waals surface area contributed by atoms with Crippen LogP contribution in [0.4, 0.5) is 8.78 Å².